The molecule has 0 unspecified atom stereocenters. The number of rotatable bonds is 2. The molecule has 17 heavy (non-hydrogen) atoms. The molecule has 0 spiro atoms. The lowest BCUT2D eigenvalue weighted by molar-refractivity contribution is -0.117. The van der Waals surface area contributed by atoms with Crippen LogP contribution in [0.5, 0.6) is 0 Å². The van der Waals surface area contributed by atoms with Gasteiger partial charge < -0.3 is 9.88 Å². The van der Waals surface area contributed by atoms with Gasteiger partial charge in [0.15, 0.2) is 0 Å². The fraction of sp³-hybridized carbons (Fsp3) is 0.400. The highest BCUT2D eigenvalue weighted by Gasteiger charge is 2.22. The molecule has 0 radical (unpaired) electrons. The molecule has 7 heteroatoms. The van der Waals surface area contributed by atoms with E-state index in [0.717, 1.165) is 11.6 Å². The van der Waals surface area contributed by atoms with Crippen LogP contribution in [0.1, 0.15) is 0 Å². The molecule has 5 nitrogen and oxygen atoms in total. The van der Waals surface area contributed by atoms with Crippen LogP contribution in [-0.4, -0.2) is 28.1 Å². The Hall–Kier alpha value is -0.790. The molecule has 1 saturated heterocycles. The van der Waals surface area contributed by atoms with Crippen LogP contribution in [0.25, 0.3) is 0 Å². The van der Waals surface area contributed by atoms with Crippen LogP contribution in [0.4, 0.5) is 5.69 Å². The van der Waals surface area contributed by atoms with Crippen LogP contribution in [0.2, 0.25) is 0 Å². The number of halogens is 1. The quantitative estimate of drug-likeness (QED) is 0.845. The Morgan fingerprint density at radius 2 is 2.47 bits per heavy atom. The van der Waals surface area contributed by atoms with Gasteiger partial charge in [0.05, 0.1) is 16.2 Å². The van der Waals surface area contributed by atoms with Gasteiger partial charge in [-0.25, -0.2) is 0 Å². The van der Waals surface area contributed by atoms with Crippen molar-refractivity contribution in [2.75, 3.05) is 16.9 Å². The van der Waals surface area contributed by atoms with Gasteiger partial charge in [0.2, 0.25) is 5.91 Å². The third-order valence-corrected chi connectivity index (χ3v) is 3.95. The normalized spacial score (nSPS) is 19.3. The highest BCUT2D eigenvalue weighted by atomic mass is 79.9. The van der Waals surface area contributed by atoms with Crippen molar-refractivity contribution in [2.45, 2.75) is 6.04 Å². The summed E-state index contributed by atoms with van der Waals surface area (Å²) in [6.07, 6.45) is 1.60. The second-order valence-corrected chi connectivity index (χ2v) is 5.64. The second-order valence-electron chi connectivity index (χ2n) is 3.75. The van der Waals surface area contributed by atoms with Gasteiger partial charge in [-0.15, -0.1) is 11.8 Å². The van der Waals surface area contributed by atoms with Crippen molar-refractivity contribution >= 4 is 39.3 Å². The lowest BCUT2D eigenvalue weighted by Gasteiger charge is -2.11. The summed E-state index contributed by atoms with van der Waals surface area (Å²) in [5, 5.41) is 5.88. The Bertz CT molecular complexity index is 471. The molecular formula is C10H12BrN3O2S. The fourth-order valence-electron chi connectivity index (χ4n) is 1.53. The molecule has 1 aromatic rings. The van der Waals surface area contributed by atoms with Gasteiger partial charge >= 0.3 is 0 Å². The van der Waals surface area contributed by atoms with Crippen molar-refractivity contribution in [3.05, 3.63) is 27.1 Å². The van der Waals surface area contributed by atoms with Crippen LogP contribution in [0, 0.1) is 0 Å². The molecular weight excluding hydrogens is 306 g/mol. The van der Waals surface area contributed by atoms with E-state index in [2.05, 4.69) is 26.6 Å². The van der Waals surface area contributed by atoms with Crippen LogP contribution in [0.15, 0.2) is 21.5 Å². The fourth-order valence-corrected chi connectivity index (χ4v) is 3.00. The molecule has 1 fully saturated rings. The minimum atomic E-state index is -0.156. The number of nitrogens with one attached hydrogen (secondary N) is 2. The van der Waals surface area contributed by atoms with Crippen LogP contribution in [0.3, 0.4) is 0 Å². The third-order valence-electron chi connectivity index (χ3n) is 2.44. The van der Waals surface area contributed by atoms with Gasteiger partial charge in [-0.05, 0) is 22.0 Å². The maximum absolute atomic E-state index is 11.8. The zero-order chi connectivity index (χ0) is 12.4. The minimum Gasteiger partial charge on any atom is -0.323 e. The van der Waals surface area contributed by atoms with Crippen molar-refractivity contribution in [1.82, 2.24) is 9.88 Å². The maximum Gasteiger partial charge on any atom is 0.264 e. The highest BCUT2D eigenvalue weighted by molar-refractivity contribution is 9.10. The summed E-state index contributed by atoms with van der Waals surface area (Å²) in [5.74, 6) is 1.51. The van der Waals surface area contributed by atoms with Crippen LogP contribution >= 0.6 is 27.7 Å². The van der Waals surface area contributed by atoms with E-state index in [1.807, 2.05) is 0 Å². The number of aryl methyl sites for hydroxylation is 1. The SMILES string of the molecule is Cn1cc(NC(=O)[C@@H]2CSCN2)cc(Br)c1=O. The number of amides is 1. The first-order chi connectivity index (χ1) is 8.08. The largest absolute Gasteiger partial charge is 0.323 e. The van der Waals surface area contributed by atoms with Gasteiger partial charge in [-0.3, -0.25) is 14.9 Å². The zero-order valence-electron chi connectivity index (χ0n) is 9.20. The van der Waals surface area contributed by atoms with E-state index in [1.54, 1.807) is 31.1 Å². The standard InChI is InChI=1S/C10H12BrN3O2S/c1-14-3-6(2-7(11)10(14)16)13-9(15)8-4-17-5-12-8/h2-3,8,12H,4-5H2,1H3,(H,13,15)/t8-/m0/s1. The number of hydrogen-bond acceptors (Lipinski definition) is 4. The summed E-state index contributed by atoms with van der Waals surface area (Å²) in [7, 11) is 1.65. The summed E-state index contributed by atoms with van der Waals surface area (Å²) < 4.78 is 1.86. The van der Waals surface area contributed by atoms with Gasteiger partial charge in [-0.1, -0.05) is 0 Å². The van der Waals surface area contributed by atoms with Gasteiger partial charge in [-0.2, -0.15) is 0 Å². The Morgan fingerprint density at radius 3 is 3.06 bits per heavy atom. The minimum absolute atomic E-state index is 0.0689. The first-order valence-corrected chi connectivity index (χ1v) is 7.01. The van der Waals surface area contributed by atoms with E-state index in [-0.39, 0.29) is 17.5 Å². The molecule has 1 amide bonds. The highest BCUT2D eigenvalue weighted by Crippen LogP contribution is 2.14. The van der Waals surface area contributed by atoms with Crippen molar-refractivity contribution in [3.63, 3.8) is 0 Å². The Balaban J connectivity index is 2.13. The summed E-state index contributed by atoms with van der Waals surface area (Å²) >= 11 is 4.86. The summed E-state index contributed by atoms with van der Waals surface area (Å²) in [5.41, 5.74) is 0.486. The molecule has 92 valence electrons. The zero-order valence-corrected chi connectivity index (χ0v) is 11.6. The average molecular weight is 318 g/mol. The molecule has 0 aromatic carbocycles. The number of nitrogens with zero attached hydrogens (tertiary/aromatic N) is 1. The van der Waals surface area contributed by atoms with Crippen LogP contribution in [-0.2, 0) is 11.8 Å². The molecule has 2 N–H and O–H groups in total. The number of aromatic nitrogens is 1. The maximum atomic E-state index is 11.8. The number of hydrogen-bond donors (Lipinski definition) is 2. The first-order valence-electron chi connectivity index (χ1n) is 5.06. The summed E-state index contributed by atoms with van der Waals surface area (Å²) in [6.45, 7) is 0. The predicted octanol–water partition coefficient (Wildman–Crippen LogP) is 0.749. The lowest BCUT2D eigenvalue weighted by atomic mass is 10.3. The van der Waals surface area contributed by atoms with E-state index in [9.17, 15) is 9.59 Å². The number of anilines is 1. The van der Waals surface area contributed by atoms with E-state index >= 15 is 0 Å². The van der Waals surface area contributed by atoms with Crippen molar-refractivity contribution in [2.24, 2.45) is 7.05 Å². The molecule has 2 rings (SSSR count). The van der Waals surface area contributed by atoms with Crippen molar-refractivity contribution in [1.29, 1.82) is 0 Å². The lowest BCUT2D eigenvalue weighted by Crippen LogP contribution is -2.37. The first kappa shape index (κ1) is 12.7. The predicted molar refractivity (Wildman–Crippen MR) is 72.3 cm³/mol. The van der Waals surface area contributed by atoms with Crippen LogP contribution < -0.4 is 16.2 Å². The van der Waals surface area contributed by atoms with E-state index in [4.69, 9.17) is 0 Å². The number of thioether (sulfide) groups is 1. The monoisotopic (exact) mass is 317 g/mol. The molecule has 2 heterocycles. The Kier molecular flexibility index (Phi) is 3.90. The second kappa shape index (κ2) is 5.24. The third kappa shape index (κ3) is 2.91. The molecule has 1 aliphatic rings. The molecule has 0 aliphatic carbocycles. The Labute approximate surface area is 111 Å². The molecule has 0 bridgehead atoms. The van der Waals surface area contributed by atoms with E-state index in [1.165, 1.54) is 4.57 Å². The van der Waals surface area contributed by atoms with E-state index < -0.39 is 0 Å². The summed E-state index contributed by atoms with van der Waals surface area (Å²) in [6, 6.07) is 1.46. The number of carbonyl (C=O) groups excluding carboxylic acids is 1. The van der Waals surface area contributed by atoms with E-state index in [0.29, 0.717) is 10.2 Å². The van der Waals surface area contributed by atoms with Crippen molar-refractivity contribution in [3.8, 4) is 0 Å². The molecule has 1 aromatic heterocycles. The van der Waals surface area contributed by atoms with Crippen molar-refractivity contribution < 1.29 is 4.79 Å². The smallest absolute Gasteiger partial charge is 0.264 e. The molecule has 1 atom stereocenters. The topological polar surface area (TPSA) is 63.1 Å². The Morgan fingerprint density at radius 1 is 1.71 bits per heavy atom. The van der Waals surface area contributed by atoms with Gasteiger partial charge in [0, 0.05) is 24.9 Å². The van der Waals surface area contributed by atoms with Gasteiger partial charge in [0.1, 0.15) is 0 Å². The molecule has 1 aliphatic heterocycles. The summed E-state index contributed by atoms with van der Waals surface area (Å²) in [4.78, 5) is 23.3. The number of carbonyl (C=O) groups is 1. The van der Waals surface area contributed by atoms with Gasteiger partial charge in [0.25, 0.3) is 5.56 Å². The number of pyridine rings is 1. The average Bonchev–Trinajstić information content (AvgIpc) is 2.79. The molecule has 0 saturated carbocycles.